The molecule has 4 aromatic rings. The van der Waals surface area contributed by atoms with Gasteiger partial charge >= 0.3 is 0 Å². The van der Waals surface area contributed by atoms with Gasteiger partial charge in [0.1, 0.15) is 0 Å². The number of para-hydroxylation sites is 1. The highest BCUT2D eigenvalue weighted by Crippen LogP contribution is 2.32. The monoisotopic (exact) mass is 409 g/mol. The molecule has 1 amide bonds. The number of fused-ring (bicyclic) bond motifs is 1. The molecule has 1 N–H and O–H groups in total. The van der Waals surface area contributed by atoms with E-state index in [-0.39, 0.29) is 5.91 Å². The number of nitrogens with one attached hydrogen (secondary N) is 1. The summed E-state index contributed by atoms with van der Waals surface area (Å²) in [6.07, 6.45) is 6.74. The molecule has 0 spiro atoms. The van der Waals surface area contributed by atoms with Crippen LogP contribution in [0, 0.1) is 0 Å². The van der Waals surface area contributed by atoms with E-state index >= 15 is 0 Å². The predicted octanol–water partition coefficient (Wildman–Crippen LogP) is 5.74. The van der Waals surface area contributed by atoms with Gasteiger partial charge in [-0.05, 0) is 42.2 Å². The predicted molar refractivity (Wildman–Crippen MR) is 124 cm³/mol. The molecule has 1 fully saturated rings. The van der Waals surface area contributed by atoms with Gasteiger partial charge in [0.2, 0.25) is 5.91 Å². The summed E-state index contributed by atoms with van der Waals surface area (Å²) < 4.78 is 0. The Morgan fingerprint density at radius 2 is 1.68 bits per heavy atom. The van der Waals surface area contributed by atoms with Crippen molar-refractivity contribution in [1.82, 2.24) is 14.9 Å². The van der Waals surface area contributed by atoms with Crippen LogP contribution in [0.5, 0.6) is 0 Å². The van der Waals surface area contributed by atoms with Gasteiger partial charge in [0.25, 0.3) is 0 Å². The zero-order chi connectivity index (χ0) is 21.0. The first-order chi connectivity index (χ1) is 15.3. The molecule has 2 aromatic heterocycles. The Morgan fingerprint density at radius 3 is 2.45 bits per heavy atom. The molecule has 31 heavy (non-hydrogen) atoms. The van der Waals surface area contributed by atoms with Crippen LogP contribution in [0.1, 0.15) is 36.9 Å². The lowest BCUT2D eigenvalue weighted by atomic mass is 10.0. The molecular weight excluding hydrogens is 382 g/mol. The number of rotatable bonds is 6. The molecule has 1 saturated carbocycles. The average Bonchev–Trinajstić information content (AvgIpc) is 3.47. The number of carbonyl (C=O) groups is 1. The van der Waals surface area contributed by atoms with Crippen LogP contribution in [0.15, 0.2) is 79.0 Å². The summed E-state index contributed by atoms with van der Waals surface area (Å²) in [6, 6.07) is 24.8. The van der Waals surface area contributed by atoms with Gasteiger partial charge in [0.05, 0.1) is 24.4 Å². The van der Waals surface area contributed by atoms with E-state index in [2.05, 4.69) is 39.1 Å². The van der Waals surface area contributed by atoms with Crippen LogP contribution >= 0.6 is 0 Å². The maximum Gasteiger partial charge on any atom is 0.227 e. The fourth-order valence-corrected chi connectivity index (χ4v) is 4.79. The molecule has 0 atom stereocenters. The standard InChI is InChI=1S/C27H27N3O/c31-26(30(22-13-4-5-14-22)19-21-12-8-9-17-28-21)18-24-23-15-6-7-16-25(23)29-27(24)20-10-2-1-3-11-20/h1-3,6-12,15-17,22,29H,4-5,13-14,18-19H2. The molecule has 5 rings (SSSR count). The minimum atomic E-state index is 0.180. The third-order valence-corrected chi connectivity index (χ3v) is 6.35. The van der Waals surface area contributed by atoms with Gasteiger partial charge in [0, 0.05) is 23.1 Å². The second-order valence-corrected chi connectivity index (χ2v) is 8.35. The summed E-state index contributed by atoms with van der Waals surface area (Å²) in [6.45, 7) is 0.577. The van der Waals surface area contributed by atoms with Crippen molar-refractivity contribution in [1.29, 1.82) is 0 Å². The first-order valence-electron chi connectivity index (χ1n) is 11.1. The zero-order valence-electron chi connectivity index (χ0n) is 17.6. The topological polar surface area (TPSA) is 49.0 Å². The molecule has 0 saturated heterocycles. The van der Waals surface area contributed by atoms with E-state index in [1.807, 2.05) is 48.5 Å². The molecule has 156 valence electrons. The summed E-state index contributed by atoms with van der Waals surface area (Å²) in [5.41, 5.74) is 5.25. The van der Waals surface area contributed by atoms with Crippen molar-refractivity contribution in [3.63, 3.8) is 0 Å². The first kappa shape index (κ1) is 19.6. The number of benzene rings is 2. The number of amides is 1. The molecule has 2 aromatic carbocycles. The van der Waals surface area contributed by atoms with Crippen LogP contribution in [0.3, 0.4) is 0 Å². The zero-order valence-corrected chi connectivity index (χ0v) is 17.6. The van der Waals surface area contributed by atoms with E-state index in [0.717, 1.165) is 46.3 Å². The maximum absolute atomic E-state index is 13.7. The van der Waals surface area contributed by atoms with Crippen molar-refractivity contribution < 1.29 is 4.79 Å². The van der Waals surface area contributed by atoms with Crippen LogP contribution in [-0.4, -0.2) is 26.8 Å². The van der Waals surface area contributed by atoms with Crippen LogP contribution in [0.4, 0.5) is 0 Å². The van der Waals surface area contributed by atoms with E-state index in [9.17, 15) is 4.79 Å². The normalized spacial score (nSPS) is 14.2. The number of H-pyrrole nitrogens is 1. The fourth-order valence-electron chi connectivity index (χ4n) is 4.79. The number of nitrogens with zero attached hydrogens (tertiary/aromatic N) is 2. The second kappa shape index (κ2) is 8.76. The first-order valence-corrected chi connectivity index (χ1v) is 11.1. The Bertz CT molecular complexity index is 1160. The molecule has 4 heteroatoms. The Kier molecular flexibility index (Phi) is 5.53. The Balaban J connectivity index is 1.50. The van der Waals surface area contributed by atoms with Crippen LogP contribution < -0.4 is 0 Å². The maximum atomic E-state index is 13.7. The molecule has 0 aliphatic heterocycles. The quantitative estimate of drug-likeness (QED) is 0.441. The fraction of sp³-hybridized carbons (Fsp3) is 0.259. The van der Waals surface area contributed by atoms with Gasteiger partial charge in [-0.2, -0.15) is 0 Å². The van der Waals surface area contributed by atoms with E-state index in [1.54, 1.807) is 6.20 Å². The molecule has 0 unspecified atom stereocenters. The smallest absolute Gasteiger partial charge is 0.227 e. The van der Waals surface area contributed by atoms with E-state index < -0.39 is 0 Å². The summed E-state index contributed by atoms with van der Waals surface area (Å²) in [5, 5.41) is 1.12. The van der Waals surface area contributed by atoms with E-state index in [0.29, 0.717) is 19.0 Å². The Hall–Kier alpha value is -3.40. The van der Waals surface area contributed by atoms with Crippen LogP contribution in [0.2, 0.25) is 0 Å². The van der Waals surface area contributed by atoms with E-state index in [4.69, 9.17) is 0 Å². The summed E-state index contributed by atoms with van der Waals surface area (Å²) >= 11 is 0. The third kappa shape index (κ3) is 4.11. The van der Waals surface area contributed by atoms with Gasteiger partial charge < -0.3 is 9.88 Å². The molecule has 1 aliphatic rings. The van der Waals surface area contributed by atoms with Gasteiger partial charge in [0.15, 0.2) is 0 Å². The minimum Gasteiger partial charge on any atom is -0.354 e. The number of hydrogen-bond donors (Lipinski definition) is 1. The van der Waals surface area contributed by atoms with Gasteiger partial charge in [-0.15, -0.1) is 0 Å². The number of pyridine rings is 1. The second-order valence-electron chi connectivity index (χ2n) is 8.35. The molecular formula is C27H27N3O. The molecule has 0 radical (unpaired) electrons. The third-order valence-electron chi connectivity index (χ3n) is 6.35. The molecule has 0 bridgehead atoms. The van der Waals surface area contributed by atoms with Crippen molar-refractivity contribution in [2.45, 2.75) is 44.7 Å². The van der Waals surface area contributed by atoms with Crippen molar-refractivity contribution in [2.24, 2.45) is 0 Å². The van der Waals surface area contributed by atoms with Crippen molar-refractivity contribution >= 4 is 16.8 Å². The Labute approximate surface area is 182 Å². The van der Waals surface area contributed by atoms with Crippen LogP contribution in [-0.2, 0) is 17.8 Å². The molecule has 4 nitrogen and oxygen atoms in total. The van der Waals surface area contributed by atoms with Crippen molar-refractivity contribution in [3.05, 3.63) is 90.3 Å². The largest absolute Gasteiger partial charge is 0.354 e. The van der Waals surface area contributed by atoms with Gasteiger partial charge in [-0.25, -0.2) is 0 Å². The van der Waals surface area contributed by atoms with Gasteiger partial charge in [-0.1, -0.05) is 67.4 Å². The van der Waals surface area contributed by atoms with Gasteiger partial charge in [-0.3, -0.25) is 9.78 Å². The average molecular weight is 410 g/mol. The number of aromatic nitrogens is 2. The van der Waals surface area contributed by atoms with Crippen molar-refractivity contribution in [3.8, 4) is 11.3 Å². The van der Waals surface area contributed by atoms with Crippen molar-refractivity contribution in [2.75, 3.05) is 0 Å². The molecule has 2 heterocycles. The summed E-state index contributed by atoms with van der Waals surface area (Å²) in [5.74, 6) is 0.180. The SMILES string of the molecule is O=C(Cc1c(-c2ccccc2)[nH]c2ccccc12)N(Cc1ccccn1)C1CCCC1. The highest BCUT2D eigenvalue weighted by molar-refractivity contribution is 5.95. The lowest BCUT2D eigenvalue weighted by Crippen LogP contribution is -2.39. The van der Waals surface area contributed by atoms with Crippen LogP contribution in [0.25, 0.3) is 22.2 Å². The highest BCUT2D eigenvalue weighted by Gasteiger charge is 2.28. The lowest BCUT2D eigenvalue weighted by Gasteiger charge is -2.29. The lowest BCUT2D eigenvalue weighted by molar-refractivity contribution is -0.133. The number of hydrogen-bond acceptors (Lipinski definition) is 2. The number of aromatic amines is 1. The summed E-state index contributed by atoms with van der Waals surface area (Å²) in [7, 11) is 0. The minimum absolute atomic E-state index is 0.180. The summed E-state index contributed by atoms with van der Waals surface area (Å²) in [4.78, 5) is 23.8. The molecule has 1 aliphatic carbocycles. The number of carbonyl (C=O) groups excluding carboxylic acids is 1. The Morgan fingerprint density at radius 1 is 0.935 bits per heavy atom. The highest BCUT2D eigenvalue weighted by atomic mass is 16.2. The van der Waals surface area contributed by atoms with E-state index in [1.165, 1.54) is 12.8 Å².